The molecule has 0 bridgehead atoms. The summed E-state index contributed by atoms with van der Waals surface area (Å²) in [6, 6.07) is 9.74. The van der Waals surface area contributed by atoms with Crippen LogP contribution in [0.5, 0.6) is 0 Å². The number of aliphatic hydroxyl groups excluding tert-OH is 1. The van der Waals surface area contributed by atoms with Crippen molar-refractivity contribution in [3.63, 3.8) is 0 Å². The van der Waals surface area contributed by atoms with E-state index in [4.69, 9.17) is 11.6 Å². The summed E-state index contributed by atoms with van der Waals surface area (Å²) < 4.78 is 0. The maximum atomic E-state index is 12.3. The fourth-order valence-corrected chi connectivity index (χ4v) is 2.60. The van der Waals surface area contributed by atoms with Crippen molar-refractivity contribution in [2.75, 3.05) is 0 Å². The van der Waals surface area contributed by atoms with Crippen molar-refractivity contribution in [2.24, 2.45) is 5.16 Å². The van der Waals surface area contributed by atoms with Gasteiger partial charge in [-0.25, -0.2) is 4.98 Å². The molecular weight excluding hydrogens is 364 g/mol. The van der Waals surface area contributed by atoms with E-state index < -0.39 is 22.3 Å². The fraction of sp³-hybridized carbons (Fsp3) is 0.0625. The highest BCUT2D eigenvalue weighted by Crippen LogP contribution is 2.22. The van der Waals surface area contributed by atoms with E-state index in [1.165, 1.54) is 24.3 Å². The molecule has 0 aliphatic carbocycles. The number of rotatable bonds is 4. The Labute approximate surface area is 150 Å². The summed E-state index contributed by atoms with van der Waals surface area (Å²) in [5.41, 5.74) is -0.926. The molecule has 0 spiro atoms. The van der Waals surface area contributed by atoms with Crippen molar-refractivity contribution < 1.29 is 15.2 Å². The van der Waals surface area contributed by atoms with Crippen molar-refractivity contribution in [2.45, 2.75) is 6.10 Å². The lowest BCUT2D eigenvalue weighted by molar-refractivity contribution is -0.385. The van der Waals surface area contributed by atoms with Crippen molar-refractivity contribution >= 4 is 34.0 Å². The molecule has 0 aliphatic rings. The largest absolute Gasteiger partial charge is 0.410 e. The van der Waals surface area contributed by atoms with Gasteiger partial charge in [0.05, 0.1) is 16.0 Å². The van der Waals surface area contributed by atoms with E-state index >= 15 is 0 Å². The van der Waals surface area contributed by atoms with Gasteiger partial charge in [-0.05, 0) is 23.8 Å². The molecular formula is C16H11ClN4O5. The minimum Gasteiger partial charge on any atom is -0.410 e. The molecule has 9 nitrogen and oxygen atoms in total. The first-order valence-electron chi connectivity index (χ1n) is 7.25. The van der Waals surface area contributed by atoms with E-state index in [1.54, 1.807) is 12.1 Å². The molecule has 0 saturated heterocycles. The van der Waals surface area contributed by atoms with Crippen LogP contribution in [0, 0.1) is 10.1 Å². The van der Waals surface area contributed by atoms with Crippen LogP contribution in [0.2, 0.25) is 5.02 Å². The molecule has 0 radical (unpaired) electrons. The SMILES string of the molecule is O=c1[nH]c2cc(Cl)ccc2nc1/C(=N/O)[C@@H](O)c1cccc([N+](=O)[O-])c1. The summed E-state index contributed by atoms with van der Waals surface area (Å²) >= 11 is 5.86. The van der Waals surface area contributed by atoms with Gasteiger partial charge in [-0.1, -0.05) is 28.9 Å². The summed E-state index contributed by atoms with van der Waals surface area (Å²) in [7, 11) is 0. The van der Waals surface area contributed by atoms with Crippen LogP contribution in [0.1, 0.15) is 17.4 Å². The molecule has 3 aromatic rings. The zero-order valence-corrected chi connectivity index (χ0v) is 13.7. The summed E-state index contributed by atoms with van der Waals surface area (Å²) in [5.74, 6) is 0. The first-order valence-corrected chi connectivity index (χ1v) is 7.63. The molecule has 3 rings (SSSR count). The lowest BCUT2D eigenvalue weighted by Gasteiger charge is -2.12. The normalized spacial score (nSPS) is 12.9. The average Bonchev–Trinajstić information content (AvgIpc) is 2.62. The minimum atomic E-state index is -1.60. The second-order valence-corrected chi connectivity index (χ2v) is 5.75. The number of benzene rings is 2. The second-order valence-electron chi connectivity index (χ2n) is 5.32. The lowest BCUT2D eigenvalue weighted by atomic mass is 10.0. The summed E-state index contributed by atoms with van der Waals surface area (Å²) in [6.45, 7) is 0. The minimum absolute atomic E-state index is 0.0735. The van der Waals surface area contributed by atoms with Crippen LogP contribution in [0.3, 0.4) is 0 Å². The van der Waals surface area contributed by atoms with Gasteiger partial charge in [0.15, 0.2) is 5.69 Å². The second kappa shape index (κ2) is 6.90. The number of halogens is 1. The van der Waals surface area contributed by atoms with E-state index in [2.05, 4.69) is 15.1 Å². The molecule has 0 unspecified atom stereocenters. The Hall–Kier alpha value is -3.30. The standard InChI is InChI=1S/C16H11ClN4O5/c17-9-4-5-11-12(7-9)19-16(23)14(18-11)13(20-24)15(22)8-2-1-3-10(6-8)21(25)26/h1-7,15,22,24H,(H,19,23)/b20-13-/t15-/m0/s1. The van der Waals surface area contributed by atoms with Gasteiger partial charge >= 0.3 is 0 Å². The first-order chi connectivity index (χ1) is 12.4. The Morgan fingerprint density at radius 3 is 2.77 bits per heavy atom. The molecule has 26 heavy (non-hydrogen) atoms. The van der Waals surface area contributed by atoms with Gasteiger partial charge in [0.2, 0.25) is 0 Å². The van der Waals surface area contributed by atoms with E-state index in [1.807, 2.05) is 0 Å². The van der Waals surface area contributed by atoms with E-state index in [-0.39, 0.29) is 16.9 Å². The van der Waals surface area contributed by atoms with Crippen LogP contribution in [-0.2, 0) is 0 Å². The topological polar surface area (TPSA) is 142 Å². The zero-order valence-electron chi connectivity index (χ0n) is 13.0. The van der Waals surface area contributed by atoms with Crippen molar-refractivity contribution in [1.29, 1.82) is 0 Å². The van der Waals surface area contributed by atoms with E-state index in [0.717, 1.165) is 6.07 Å². The Morgan fingerprint density at radius 2 is 2.08 bits per heavy atom. The van der Waals surface area contributed by atoms with Gasteiger partial charge in [0.25, 0.3) is 11.2 Å². The predicted octanol–water partition coefficient (Wildman–Crippen LogP) is 2.40. The number of oxime groups is 1. The number of aliphatic hydroxyl groups is 1. The van der Waals surface area contributed by atoms with Crippen molar-refractivity contribution in [3.05, 3.63) is 79.2 Å². The van der Waals surface area contributed by atoms with Crippen molar-refractivity contribution in [3.8, 4) is 0 Å². The van der Waals surface area contributed by atoms with Crippen LogP contribution >= 0.6 is 11.6 Å². The number of aromatic amines is 1. The molecule has 0 amide bonds. The molecule has 10 heteroatoms. The van der Waals surface area contributed by atoms with Gasteiger partial charge in [0, 0.05) is 17.2 Å². The molecule has 0 fully saturated rings. The summed E-state index contributed by atoms with van der Waals surface area (Å²) in [5, 5.41) is 34.0. The van der Waals surface area contributed by atoms with Gasteiger partial charge in [0.1, 0.15) is 11.8 Å². The van der Waals surface area contributed by atoms with Crippen LogP contribution in [0.25, 0.3) is 11.0 Å². The van der Waals surface area contributed by atoms with Gasteiger partial charge < -0.3 is 15.3 Å². The van der Waals surface area contributed by atoms with Crippen molar-refractivity contribution in [1.82, 2.24) is 9.97 Å². The maximum absolute atomic E-state index is 12.3. The number of hydrogen-bond acceptors (Lipinski definition) is 7. The zero-order chi connectivity index (χ0) is 18.8. The number of nitro benzene ring substituents is 1. The van der Waals surface area contributed by atoms with Gasteiger partial charge in [-0.3, -0.25) is 14.9 Å². The van der Waals surface area contributed by atoms with Gasteiger partial charge in [-0.15, -0.1) is 0 Å². The number of fused-ring (bicyclic) bond motifs is 1. The third-order valence-corrected chi connectivity index (χ3v) is 3.90. The number of H-pyrrole nitrogens is 1. The summed E-state index contributed by atoms with van der Waals surface area (Å²) in [6.07, 6.45) is -1.60. The highest BCUT2D eigenvalue weighted by atomic mass is 35.5. The molecule has 1 aromatic heterocycles. The molecule has 1 heterocycles. The lowest BCUT2D eigenvalue weighted by Crippen LogP contribution is -2.25. The number of non-ortho nitro benzene ring substituents is 1. The molecule has 132 valence electrons. The Bertz CT molecular complexity index is 1100. The van der Waals surface area contributed by atoms with E-state index in [9.17, 15) is 25.2 Å². The van der Waals surface area contributed by atoms with Crippen LogP contribution in [0.15, 0.2) is 52.4 Å². The molecule has 2 aromatic carbocycles. The average molecular weight is 375 g/mol. The number of nitro groups is 1. The van der Waals surface area contributed by atoms with Crippen LogP contribution < -0.4 is 5.56 Å². The Morgan fingerprint density at radius 1 is 1.31 bits per heavy atom. The smallest absolute Gasteiger partial charge is 0.276 e. The predicted molar refractivity (Wildman–Crippen MR) is 93.8 cm³/mol. The quantitative estimate of drug-likeness (QED) is 0.277. The third-order valence-electron chi connectivity index (χ3n) is 3.66. The third kappa shape index (κ3) is 3.25. The maximum Gasteiger partial charge on any atom is 0.276 e. The number of nitrogens with zero attached hydrogens (tertiary/aromatic N) is 3. The fourth-order valence-electron chi connectivity index (χ4n) is 2.43. The van der Waals surface area contributed by atoms with Crippen LogP contribution in [-0.4, -0.2) is 30.9 Å². The van der Waals surface area contributed by atoms with Gasteiger partial charge in [-0.2, -0.15) is 0 Å². The van der Waals surface area contributed by atoms with E-state index in [0.29, 0.717) is 16.1 Å². The number of aromatic nitrogens is 2. The molecule has 0 aliphatic heterocycles. The number of nitrogens with one attached hydrogen (secondary N) is 1. The van der Waals surface area contributed by atoms with Crippen LogP contribution in [0.4, 0.5) is 5.69 Å². The highest BCUT2D eigenvalue weighted by molar-refractivity contribution is 6.31. The molecule has 0 saturated carbocycles. The Balaban J connectivity index is 2.09. The molecule has 1 atom stereocenters. The first kappa shape index (κ1) is 17.5. The highest BCUT2D eigenvalue weighted by Gasteiger charge is 2.24. The summed E-state index contributed by atoms with van der Waals surface area (Å²) in [4.78, 5) is 29.2. The Kier molecular flexibility index (Phi) is 4.65. The molecule has 3 N–H and O–H groups in total. The number of hydrogen-bond donors (Lipinski definition) is 3. The monoisotopic (exact) mass is 374 g/mol.